The van der Waals surface area contributed by atoms with Gasteiger partial charge in [-0.15, -0.1) is 0 Å². The van der Waals surface area contributed by atoms with E-state index in [0.29, 0.717) is 12.8 Å². The first-order chi connectivity index (χ1) is 16.6. The molecular formula is C25H37N5O5. The topological polar surface area (TPSA) is 166 Å². The fourth-order valence-corrected chi connectivity index (χ4v) is 3.90. The quantitative estimate of drug-likeness (QED) is 0.249. The van der Waals surface area contributed by atoms with Gasteiger partial charge >= 0.3 is 5.97 Å². The average molecular weight is 488 g/mol. The number of benzene rings is 1. The third-order valence-electron chi connectivity index (χ3n) is 6.05. The third kappa shape index (κ3) is 7.81. The summed E-state index contributed by atoms with van der Waals surface area (Å²) in [6, 6.07) is 4.52. The number of fused-ring (bicyclic) bond motifs is 1. The number of amides is 3. The number of carbonyl (C=O) groups excluding carboxylic acids is 3. The maximum absolute atomic E-state index is 13.3. The fraction of sp³-hybridized carbons (Fsp3) is 0.520. The summed E-state index contributed by atoms with van der Waals surface area (Å²) in [5, 5.41) is 18.5. The van der Waals surface area contributed by atoms with Crippen molar-refractivity contribution in [2.24, 2.45) is 17.6 Å². The summed E-state index contributed by atoms with van der Waals surface area (Å²) in [6.45, 7) is 7.14. The van der Waals surface area contributed by atoms with Crippen molar-refractivity contribution in [1.82, 2.24) is 20.9 Å². The molecule has 1 heterocycles. The summed E-state index contributed by atoms with van der Waals surface area (Å²) < 4.78 is 0. The number of rotatable bonds is 13. The number of hydrogen-bond acceptors (Lipinski definition) is 5. The van der Waals surface area contributed by atoms with E-state index in [9.17, 15) is 24.3 Å². The monoisotopic (exact) mass is 487 g/mol. The van der Waals surface area contributed by atoms with Gasteiger partial charge in [-0.3, -0.25) is 14.4 Å². The van der Waals surface area contributed by atoms with Crippen molar-refractivity contribution in [2.75, 3.05) is 6.54 Å². The van der Waals surface area contributed by atoms with E-state index in [1.54, 1.807) is 13.1 Å². The molecule has 4 unspecified atom stereocenters. The summed E-state index contributed by atoms with van der Waals surface area (Å²) in [5.74, 6) is -2.98. The van der Waals surface area contributed by atoms with Crippen LogP contribution in [0.1, 0.15) is 46.1 Å². The smallest absolute Gasteiger partial charge is 0.326 e. The molecule has 0 bridgehead atoms. The minimum absolute atomic E-state index is 0.0894. The normalized spacial score (nSPS) is 14.7. The van der Waals surface area contributed by atoms with Crippen molar-refractivity contribution in [3.63, 3.8) is 0 Å². The van der Waals surface area contributed by atoms with Gasteiger partial charge < -0.3 is 31.8 Å². The number of para-hydroxylation sites is 1. The van der Waals surface area contributed by atoms with E-state index in [-0.39, 0.29) is 24.8 Å². The molecule has 0 spiro atoms. The molecule has 7 N–H and O–H groups in total. The molecule has 0 radical (unpaired) electrons. The van der Waals surface area contributed by atoms with Gasteiger partial charge in [-0.2, -0.15) is 0 Å². The summed E-state index contributed by atoms with van der Waals surface area (Å²) in [6.07, 6.45) is 2.80. The second kappa shape index (κ2) is 12.9. The number of aromatic nitrogens is 1. The van der Waals surface area contributed by atoms with Crippen LogP contribution in [0.25, 0.3) is 10.9 Å². The van der Waals surface area contributed by atoms with E-state index in [1.165, 1.54) is 0 Å². The van der Waals surface area contributed by atoms with Crippen LogP contribution in [0.5, 0.6) is 0 Å². The lowest BCUT2D eigenvalue weighted by atomic mass is 9.97. The predicted octanol–water partition coefficient (Wildman–Crippen LogP) is 1.30. The zero-order chi connectivity index (χ0) is 26.1. The Morgan fingerprint density at radius 1 is 1.00 bits per heavy atom. The van der Waals surface area contributed by atoms with Crippen molar-refractivity contribution < 1.29 is 24.3 Å². The van der Waals surface area contributed by atoms with E-state index >= 15 is 0 Å². The largest absolute Gasteiger partial charge is 0.480 e. The van der Waals surface area contributed by atoms with Gasteiger partial charge in [-0.25, -0.2) is 4.79 Å². The SMILES string of the molecule is CCC(C)C(NC(=O)C(Cc1c[nH]c2ccccc12)NC(=O)C(CC(C)C)NC(=O)CN)C(=O)O. The molecule has 10 heteroatoms. The highest BCUT2D eigenvalue weighted by Crippen LogP contribution is 2.20. The molecule has 4 atom stereocenters. The van der Waals surface area contributed by atoms with Crippen molar-refractivity contribution in [2.45, 2.75) is 65.1 Å². The minimum Gasteiger partial charge on any atom is -0.480 e. The average Bonchev–Trinajstić information content (AvgIpc) is 3.23. The number of nitrogens with one attached hydrogen (secondary N) is 4. The fourth-order valence-electron chi connectivity index (χ4n) is 3.90. The van der Waals surface area contributed by atoms with Crippen LogP contribution < -0.4 is 21.7 Å². The third-order valence-corrected chi connectivity index (χ3v) is 6.05. The molecule has 1 aromatic carbocycles. The van der Waals surface area contributed by atoms with Gasteiger partial charge in [0.25, 0.3) is 0 Å². The number of H-pyrrole nitrogens is 1. The summed E-state index contributed by atoms with van der Waals surface area (Å²) in [4.78, 5) is 53.3. The Hall–Kier alpha value is -3.40. The van der Waals surface area contributed by atoms with Crippen molar-refractivity contribution in [1.29, 1.82) is 0 Å². The number of aliphatic carboxylic acids is 1. The lowest BCUT2D eigenvalue weighted by molar-refractivity contribution is -0.143. The second-order valence-corrected chi connectivity index (χ2v) is 9.29. The standard InChI is InChI=1S/C25H37N5O5/c1-5-15(4)22(25(34)35)30-24(33)20(11-16-13-27-18-9-7-6-8-17(16)18)29-23(32)19(10-14(2)3)28-21(31)12-26/h6-9,13-15,19-20,22,27H,5,10-12,26H2,1-4H3,(H,28,31)(H,29,32)(H,30,33)(H,34,35). The Bertz CT molecular complexity index is 1030. The van der Waals surface area contributed by atoms with E-state index in [0.717, 1.165) is 16.5 Å². The van der Waals surface area contributed by atoms with Crippen LogP contribution in [0.15, 0.2) is 30.5 Å². The van der Waals surface area contributed by atoms with Crippen LogP contribution >= 0.6 is 0 Å². The molecule has 0 aliphatic rings. The number of carboxylic acid groups (broad SMARTS) is 1. The first-order valence-corrected chi connectivity index (χ1v) is 11.9. The van der Waals surface area contributed by atoms with Crippen LogP contribution in [-0.2, 0) is 25.6 Å². The molecular weight excluding hydrogens is 450 g/mol. The van der Waals surface area contributed by atoms with Crippen molar-refractivity contribution in [3.05, 3.63) is 36.0 Å². The predicted molar refractivity (Wildman–Crippen MR) is 133 cm³/mol. The first-order valence-electron chi connectivity index (χ1n) is 11.9. The zero-order valence-corrected chi connectivity index (χ0v) is 20.8. The number of hydrogen-bond donors (Lipinski definition) is 6. The van der Waals surface area contributed by atoms with Gasteiger partial charge in [0.2, 0.25) is 17.7 Å². The Kier molecular flexibility index (Phi) is 10.3. The van der Waals surface area contributed by atoms with Crippen LogP contribution in [0.2, 0.25) is 0 Å². The lowest BCUT2D eigenvalue weighted by Crippen LogP contribution is -2.57. The van der Waals surface area contributed by atoms with E-state index in [2.05, 4.69) is 20.9 Å². The molecule has 0 saturated heterocycles. The summed E-state index contributed by atoms with van der Waals surface area (Å²) >= 11 is 0. The van der Waals surface area contributed by atoms with Gasteiger partial charge in [-0.1, -0.05) is 52.3 Å². The molecule has 1 aromatic heterocycles. The minimum atomic E-state index is -1.14. The van der Waals surface area contributed by atoms with Crippen LogP contribution in [-0.4, -0.2) is 58.5 Å². The Labute approximate surface area is 205 Å². The molecule has 10 nitrogen and oxygen atoms in total. The molecule has 3 amide bonds. The van der Waals surface area contributed by atoms with Crippen molar-refractivity contribution >= 4 is 34.6 Å². The highest BCUT2D eigenvalue weighted by atomic mass is 16.4. The Balaban J connectivity index is 2.34. The second-order valence-electron chi connectivity index (χ2n) is 9.29. The van der Waals surface area contributed by atoms with Gasteiger partial charge in [0.05, 0.1) is 6.54 Å². The molecule has 0 fully saturated rings. The molecule has 35 heavy (non-hydrogen) atoms. The van der Waals surface area contributed by atoms with Crippen LogP contribution in [0, 0.1) is 11.8 Å². The maximum atomic E-state index is 13.3. The van der Waals surface area contributed by atoms with Crippen LogP contribution in [0.3, 0.4) is 0 Å². The van der Waals surface area contributed by atoms with Crippen molar-refractivity contribution in [3.8, 4) is 0 Å². The first kappa shape index (κ1) is 27.8. The lowest BCUT2D eigenvalue weighted by Gasteiger charge is -2.26. The van der Waals surface area contributed by atoms with Crippen LogP contribution in [0.4, 0.5) is 0 Å². The zero-order valence-electron chi connectivity index (χ0n) is 20.8. The summed E-state index contributed by atoms with van der Waals surface area (Å²) in [5.41, 5.74) is 7.07. The molecule has 0 aliphatic heterocycles. The number of carboxylic acids is 1. The highest BCUT2D eigenvalue weighted by Gasteiger charge is 2.32. The molecule has 2 rings (SSSR count). The van der Waals surface area contributed by atoms with E-state index in [4.69, 9.17) is 5.73 Å². The number of nitrogens with two attached hydrogens (primary N) is 1. The summed E-state index contributed by atoms with van der Waals surface area (Å²) in [7, 11) is 0. The number of carbonyl (C=O) groups is 4. The van der Waals surface area contributed by atoms with Gasteiger partial charge in [0, 0.05) is 23.5 Å². The molecule has 0 aliphatic carbocycles. The van der Waals surface area contributed by atoms with E-state index < -0.39 is 41.8 Å². The van der Waals surface area contributed by atoms with Gasteiger partial charge in [0.1, 0.15) is 18.1 Å². The molecule has 192 valence electrons. The Morgan fingerprint density at radius 2 is 1.66 bits per heavy atom. The highest BCUT2D eigenvalue weighted by molar-refractivity contribution is 5.94. The number of aromatic amines is 1. The Morgan fingerprint density at radius 3 is 2.26 bits per heavy atom. The van der Waals surface area contributed by atoms with E-state index in [1.807, 2.05) is 45.0 Å². The van der Waals surface area contributed by atoms with Gasteiger partial charge in [0.15, 0.2) is 0 Å². The molecule has 0 saturated carbocycles. The van der Waals surface area contributed by atoms with Gasteiger partial charge in [-0.05, 0) is 29.9 Å². The molecule has 2 aromatic rings. The maximum Gasteiger partial charge on any atom is 0.326 e.